The van der Waals surface area contributed by atoms with Crippen molar-refractivity contribution in [3.63, 3.8) is 0 Å². The van der Waals surface area contributed by atoms with Crippen LogP contribution in [-0.4, -0.2) is 69.0 Å². The number of rotatable bonds is 11. The second kappa shape index (κ2) is 13.6. The summed E-state index contributed by atoms with van der Waals surface area (Å²) in [6.45, 7) is 4.75. The van der Waals surface area contributed by atoms with Crippen molar-refractivity contribution in [3.8, 4) is 11.8 Å². The maximum atomic E-state index is 13.3. The molecule has 214 valence electrons. The minimum Gasteiger partial charge on any atom is -0.424 e. The van der Waals surface area contributed by atoms with Crippen LogP contribution in [0.5, 0.6) is 11.8 Å². The van der Waals surface area contributed by atoms with E-state index in [4.69, 9.17) is 9.15 Å². The molecule has 1 unspecified atom stereocenters. The number of fused-ring (bicyclic) bond motifs is 1. The fourth-order valence-corrected chi connectivity index (χ4v) is 4.75. The van der Waals surface area contributed by atoms with E-state index >= 15 is 0 Å². The third-order valence-electron chi connectivity index (χ3n) is 6.25. The van der Waals surface area contributed by atoms with E-state index in [-0.39, 0.29) is 17.8 Å². The van der Waals surface area contributed by atoms with Crippen molar-refractivity contribution in [1.82, 2.24) is 29.6 Å². The number of ether oxygens (including phenoxy) is 1. The van der Waals surface area contributed by atoms with Crippen LogP contribution in [0.25, 0.3) is 11.0 Å². The Morgan fingerprint density at radius 2 is 2.02 bits per heavy atom. The lowest BCUT2D eigenvalue weighted by atomic mass is 9.95. The zero-order valence-electron chi connectivity index (χ0n) is 22.3. The van der Waals surface area contributed by atoms with Crippen LogP contribution in [0.3, 0.4) is 0 Å². The van der Waals surface area contributed by atoms with Gasteiger partial charge in [-0.1, -0.05) is 13.0 Å². The molecule has 0 bridgehead atoms. The molecular weight excluding hydrogens is 541 g/mol. The zero-order chi connectivity index (χ0) is 28.5. The topological polar surface area (TPSA) is 151 Å². The molecule has 12 nitrogen and oxygen atoms in total. The molecule has 0 radical (unpaired) electrons. The molecule has 0 spiro atoms. The Labute approximate surface area is 231 Å². The summed E-state index contributed by atoms with van der Waals surface area (Å²) in [5.41, 5.74) is 1.34. The number of alkyl halides is 1. The first kappa shape index (κ1) is 29.3. The minimum absolute atomic E-state index is 0.180. The Bertz CT molecular complexity index is 1520. The molecule has 4 rings (SSSR count). The number of benzene rings is 1. The van der Waals surface area contributed by atoms with E-state index < -0.39 is 22.5 Å². The number of allylic oxidation sites excluding steroid dienone is 1. The zero-order valence-corrected chi connectivity index (χ0v) is 23.1. The predicted molar refractivity (Wildman–Crippen MR) is 149 cm³/mol. The van der Waals surface area contributed by atoms with Gasteiger partial charge >= 0.3 is 11.6 Å². The standard InChI is InChI=1S/C26H32FN7O5S/c1-18(6-9-30-24(16-27)33-40(36,37)28-2)14-21-22(17-34-12-10-29-11-13-34)20-5-4-19(15-23(20)39-25(21)35)38-26-31-7-3-8-32-26/h3-9,15,18,28-29H,10-14,16-17H2,1-2H3,(H,30,33)/b9-6-. The first-order valence-corrected chi connectivity index (χ1v) is 14.2. The number of amidine groups is 1. The number of aromatic nitrogens is 2. The monoisotopic (exact) mass is 573 g/mol. The molecule has 1 aliphatic rings. The lowest BCUT2D eigenvalue weighted by Gasteiger charge is -2.28. The van der Waals surface area contributed by atoms with Crippen molar-refractivity contribution in [2.75, 3.05) is 39.9 Å². The normalized spacial score (nSPS) is 15.9. The summed E-state index contributed by atoms with van der Waals surface area (Å²) in [7, 11) is -2.68. The number of hydrogen-bond donors (Lipinski definition) is 3. The molecule has 1 fully saturated rings. The highest BCUT2D eigenvalue weighted by Gasteiger charge is 2.20. The summed E-state index contributed by atoms with van der Waals surface area (Å²) in [6.07, 6.45) is 6.49. The van der Waals surface area contributed by atoms with Crippen molar-refractivity contribution in [2.24, 2.45) is 10.9 Å². The Kier molecular flexibility index (Phi) is 9.93. The van der Waals surface area contributed by atoms with Crippen molar-refractivity contribution < 1.29 is 22.0 Å². The van der Waals surface area contributed by atoms with Crippen LogP contribution in [0.1, 0.15) is 18.1 Å². The molecule has 3 heterocycles. The molecule has 0 saturated carbocycles. The van der Waals surface area contributed by atoms with Gasteiger partial charge in [0, 0.05) is 75.4 Å². The van der Waals surface area contributed by atoms with Crippen LogP contribution >= 0.6 is 0 Å². The van der Waals surface area contributed by atoms with Crippen molar-refractivity contribution in [2.45, 2.75) is 19.9 Å². The Morgan fingerprint density at radius 1 is 1.27 bits per heavy atom. The summed E-state index contributed by atoms with van der Waals surface area (Å²) in [4.78, 5) is 27.6. The quantitative estimate of drug-likeness (QED) is 0.177. The molecule has 3 N–H and O–H groups in total. The molecule has 0 aliphatic carbocycles. The number of aliphatic imine (C=N–C) groups is 1. The van der Waals surface area contributed by atoms with E-state index in [9.17, 15) is 17.6 Å². The van der Waals surface area contributed by atoms with Gasteiger partial charge < -0.3 is 14.5 Å². The highest BCUT2D eigenvalue weighted by Crippen LogP contribution is 2.28. The van der Waals surface area contributed by atoms with Gasteiger partial charge in [0.05, 0.1) is 0 Å². The number of nitrogens with one attached hydrogen (secondary N) is 3. The highest BCUT2D eigenvalue weighted by atomic mass is 32.2. The lowest BCUT2D eigenvalue weighted by molar-refractivity contribution is 0.233. The van der Waals surface area contributed by atoms with Crippen molar-refractivity contribution >= 4 is 27.0 Å². The molecule has 40 heavy (non-hydrogen) atoms. The summed E-state index contributed by atoms with van der Waals surface area (Å²) in [5, 5.41) is 4.13. The number of nitrogens with zero attached hydrogens (tertiary/aromatic N) is 4. The Hall–Kier alpha value is -3.72. The maximum Gasteiger partial charge on any atom is 0.339 e. The van der Waals surface area contributed by atoms with Crippen LogP contribution in [0.2, 0.25) is 0 Å². The highest BCUT2D eigenvalue weighted by molar-refractivity contribution is 7.88. The molecule has 0 amide bonds. The summed E-state index contributed by atoms with van der Waals surface area (Å²) < 4.78 is 51.9. The second-order valence-corrected chi connectivity index (χ2v) is 10.8. The largest absolute Gasteiger partial charge is 0.424 e. The maximum absolute atomic E-state index is 13.3. The predicted octanol–water partition coefficient (Wildman–Crippen LogP) is 1.89. The average Bonchev–Trinajstić information content (AvgIpc) is 2.95. The van der Waals surface area contributed by atoms with Gasteiger partial charge in [-0.3, -0.25) is 9.62 Å². The van der Waals surface area contributed by atoms with Gasteiger partial charge in [-0.2, -0.15) is 8.42 Å². The SMILES string of the molecule is CNS(=O)(=O)N/C(CF)=N/C=C\C(C)Cc1c(CN2CCNCC2)c2ccc(Oc3ncccn3)cc2oc1=O. The first-order valence-electron chi connectivity index (χ1n) is 12.7. The van der Waals surface area contributed by atoms with Crippen LogP contribution in [0.4, 0.5) is 4.39 Å². The minimum atomic E-state index is -3.88. The first-order chi connectivity index (χ1) is 19.3. The molecule has 14 heteroatoms. The second-order valence-electron chi connectivity index (χ2n) is 9.21. The molecule has 1 aliphatic heterocycles. The molecule has 1 atom stereocenters. The fraction of sp³-hybridized carbons (Fsp3) is 0.385. The Morgan fingerprint density at radius 3 is 2.73 bits per heavy atom. The van der Waals surface area contributed by atoms with Gasteiger partial charge in [0.2, 0.25) is 0 Å². The van der Waals surface area contributed by atoms with E-state index in [1.54, 1.807) is 36.7 Å². The van der Waals surface area contributed by atoms with E-state index in [2.05, 4.69) is 25.2 Å². The van der Waals surface area contributed by atoms with Gasteiger partial charge in [0.25, 0.3) is 10.2 Å². The summed E-state index contributed by atoms with van der Waals surface area (Å²) >= 11 is 0. The summed E-state index contributed by atoms with van der Waals surface area (Å²) in [5.74, 6) is -0.110. The van der Waals surface area contributed by atoms with Gasteiger partial charge in [0.15, 0.2) is 0 Å². The molecule has 2 aromatic heterocycles. The average molecular weight is 574 g/mol. The van der Waals surface area contributed by atoms with E-state index in [1.165, 1.54) is 13.2 Å². The van der Waals surface area contributed by atoms with Crippen molar-refractivity contribution in [3.05, 3.63) is 70.5 Å². The van der Waals surface area contributed by atoms with Crippen LogP contribution in [0.15, 0.2) is 63.1 Å². The molecule has 3 aromatic rings. The number of piperazine rings is 1. The molecule has 1 saturated heterocycles. The van der Waals surface area contributed by atoms with Crippen molar-refractivity contribution in [1.29, 1.82) is 0 Å². The van der Waals surface area contributed by atoms with Crippen LogP contribution in [0, 0.1) is 5.92 Å². The molecule has 1 aromatic carbocycles. The fourth-order valence-electron chi connectivity index (χ4n) is 4.23. The van der Waals surface area contributed by atoms with Crippen LogP contribution in [-0.2, 0) is 23.2 Å². The van der Waals surface area contributed by atoms with Crippen LogP contribution < -0.4 is 25.1 Å². The third-order valence-corrected chi connectivity index (χ3v) is 7.29. The Balaban J connectivity index is 1.62. The third kappa shape index (κ3) is 7.91. The number of hydrogen-bond acceptors (Lipinski definition) is 10. The van der Waals surface area contributed by atoms with Gasteiger partial charge in [-0.15, -0.1) is 0 Å². The lowest BCUT2D eigenvalue weighted by Crippen LogP contribution is -2.43. The van der Waals surface area contributed by atoms with E-state index in [1.807, 2.05) is 22.4 Å². The molecular formula is C26H32FN7O5S. The van der Waals surface area contributed by atoms with Gasteiger partial charge in [0.1, 0.15) is 23.8 Å². The van der Waals surface area contributed by atoms with E-state index in [0.717, 1.165) is 37.1 Å². The van der Waals surface area contributed by atoms with E-state index in [0.29, 0.717) is 29.9 Å². The van der Waals surface area contributed by atoms with Gasteiger partial charge in [-0.25, -0.2) is 28.9 Å². The number of halogens is 1. The smallest absolute Gasteiger partial charge is 0.339 e. The van der Waals surface area contributed by atoms with Gasteiger partial charge in [-0.05, 0) is 36.1 Å². The summed E-state index contributed by atoms with van der Waals surface area (Å²) in [6, 6.07) is 7.17.